The molecule has 0 amide bonds. The van der Waals surface area contributed by atoms with Crippen molar-refractivity contribution in [2.24, 2.45) is 0 Å². The lowest BCUT2D eigenvalue weighted by Gasteiger charge is -2.13. The highest BCUT2D eigenvalue weighted by atomic mass is 32.2. The second kappa shape index (κ2) is 5.16. The van der Waals surface area contributed by atoms with Crippen molar-refractivity contribution in [3.05, 3.63) is 35.0 Å². The molecule has 0 aliphatic rings. The minimum Gasteiger partial charge on any atom is -0.388 e. The predicted octanol–water partition coefficient (Wildman–Crippen LogP) is 2.44. The van der Waals surface area contributed by atoms with Crippen LogP contribution in [0.15, 0.2) is 27.6 Å². The van der Waals surface area contributed by atoms with Crippen LogP contribution >= 0.6 is 0 Å². The molecule has 0 saturated carbocycles. The van der Waals surface area contributed by atoms with E-state index in [0.717, 1.165) is 5.69 Å². The Morgan fingerprint density at radius 1 is 1.10 bits per heavy atom. The highest BCUT2D eigenvalue weighted by Crippen LogP contribution is 2.26. The molecule has 20 heavy (non-hydrogen) atoms. The van der Waals surface area contributed by atoms with E-state index in [1.54, 1.807) is 40.0 Å². The van der Waals surface area contributed by atoms with Gasteiger partial charge in [-0.25, -0.2) is 13.1 Å². The standard InChI is InChI=1S/C13H17N3O3S/c1-8-5-11(14-4)6-9(2)13(8)20(17,18)16-12-7-10(3)15-19-12/h5-7,14,16H,1-4H3. The van der Waals surface area contributed by atoms with E-state index in [2.05, 4.69) is 15.2 Å². The minimum absolute atomic E-state index is 0.110. The number of hydrogen-bond donors (Lipinski definition) is 2. The van der Waals surface area contributed by atoms with E-state index in [4.69, 9.17) is 4.52 Å². The number of nitrogens with one attached hydrogen (secondary N) is 2. The molecule has 0 bridgehead atoms. The molecule has 0 spiro atoms. The van der Waals surface area contributed by atoms with Gasteiger partial charge < -0.3 is 9.84 Å². The van der Waals surface area contributed by atoms with E-state index >= 15 is 0 Å². The summed E-state index contributed by atoms with van der Waals surface area (Å²) in [5.41, 5.74) is 2.81. The van der Waals surface area contributed by atoms with Gasteiger partial charge in [0, 0.05) is 18.8 Å². The van der Waals surface area contributed by atoms with Crippen molar-refractivity contribution < 1.29 is 12.9 Å². The number of anilines is 2. The number of nitrogens with zero attached hydrogens (tertiary/aromatic N) is 1. The summed E-state index contributed by atoms with van der Waals surface area (Å²) in [6.45, 7) is 5.24. The van der Waals surface area contributed by atoms with Crippen molar-refractivity contribution in [2.45, 2.75) is 25.7 Å². The maximum Gasteiger partial charge on any atom is 0.264 e. The molecule has 6 nitrogen and oxygen atoms in total. The smallest absolute Gasteiger partial charge is 0.264 e. The van der Waals surface area contributed by atoms with Gasteiger partial charge in [0.05, 0.1) is 10.6 Å². The molecule has 0 fully saturated rings. The Kier molecular flexibility index (Phi) is 3.71. The summed E-state index contributed by atoms with van der Waals surface area (Å²) in [7, 11) is -1.91. The molecule has 2 aromatic rings. The van der Waals surface area contributed by atoms with Crippen molar-refractivity contribution in [1.29, 1.82) is 0 Å². The SMILES string of the molecule is CNc1cc(C)c(S(=O)(=O)Nc2cc(C)no2)c(C)c1. The summed E-state index contributed by atoms with van der Waals surface area (Å²) < 4.78 is 32.2. The fourth-order valence-electron chi connectivity index (χ4n) is 2.11. The molecule has 0 atom stereocenters. The fourth-order valence-corrected chi connectivity index (χ4v) is 3.54. The lowest BCUT2D eigenvalue weighted by molar-refractivity contribution is 0.430. The van der Waals surface area contributed by atoms with Crippen molar-refractivity contribution >= 4 is 21.6 Å². The van der Waals surface area contributed by atoms with Gasteiger partial charge in [0.1, 0.15) is 0 Å². The highest BCUT2D eigenvalue weighted by Gasteiger charge is 2.21. The lowest BCUT2D eigenvalue weighted by atomic mass is 10.1. The number of rotatable bonds is 4. The van der Waals surface area contributed by atoms with Crippen LogP contribution in [0.1, 0.15) is 16.8 Å². The molecule has 108 valence electrons. The number of benzene rings is 1. The van der Waals surface area contributed by atoms with Gasteiger partial charge in [0.15, 0.2) is 0 Å². The Morgan fingerprint density at radius 3 is 2.15 bits per heavy atom. The Bertz CT molecular complexity index is 712. The largest absolute Gasteiger partial charge is 0.388 e. The van der Waals surface area contributed by atoms with E-state index in [-0.39, 0.29) is 10.8 Å². The van der Waals surface area contributed by atoms with Crippen molar-refractivity contribution in [1.82, 2.24) is 5.16 Å². The molecule has 7 heteroatoms. The fraction of sp³-hybridized carbons (Fsp3) is 0.308. The maximum absolute atomic E-state index is 12.4. The summed E-state index contributed by atoms with van der Waals surface area (Å²) in [4.78, 5) is 0.255. The molecule has 0 aliphatic carbocycles. The van der Waals surface area contributed by atoms with Crippen LogP contribution in [0, 0.1) is 20.8 Å². The summed E-state index contributed by atoms with van der Waals surface area (Å²) in [5, 5.41) is 6.65. The molecule has 1 aromatic carbocycles. The zero-order chi connectivity index (χ0) is 14.9. The average Bonchev–Trinajstić information content (AvgIpc) is 2.72. The summed E-state index contributed by atoms with van der Waals surface area (Å²) in [6, 6.07) is 5.10. The van der Waals surface area contributed by atoms with Gasteiger partial charge in [-0.2, -0.15) is 0 Å². The van der Waals surface area contributed by atoms with Crippen molar-refractivity contribution in [2.75, 3.05) is 17.1 Å². The molecule has 0 saturated heterocycles. The van der Waals surface area contributed by atoms with Crippen molar-refractivity contribution in [3.8, 4) is 0 Å². The Labute approximate surface area is 118 Å². The third-order valence-electron chi connectivity index (χ3n) is 2.88. The van der Waals surface area contributed by atoms with E-state index in [1.165, 1.54) is 6.07 Å². The van der Waals surface area contributed by atoms with Crippen LogP contribution in [0.3, 0.4) is 0 Å². The first-order chi connectivity index (χ1) is 9.33. The monoisotopic (exact) mass is 295 g/mol. The first kappa shape index (κ1) is 14.4. The summed E-state index contributed by atoms with van der Waals surface area (Å²) in [5.74, 6) is 0.110. The molecule has 0 aliphatic heterocycles. The second-order valence-corrected chi connectivity index (χ2v) is 6.25. The van der Waals surface area contributed by atoms with Crippen LogP contribution in [-0.4, -0.2) is 20.6 Å². The Morgan fingerprint density at radius 2 is 1.70 bits per heavy atom. The third kappa shape index (κ3) is 2.77. The summed E-state index contributed by atoms with van der Waals surface area (Å²) >= 11 is 0. The molecular formula is C13H17N3O3S. The number of hydrogen-bond acceptors (Lipinski definition) is 5. The molecule has 1 heterocycles. The topological polar surface area (TPSA) is 84.2 Å². The van der Waals surface area contributed by atoms with Gasteiger partial charge in [-0.1, -0.05) is 5.16 Å². The minimum atomic E-state index is -3.70. The zero-order valence-electron chi connectivity index (χ0n) is 11.8. The normalized spacial score (nSPS) is 11.4. The molecule has 2 rings (SSSR count). The summed E-state index contributed by atoms with van der Waals surface area (Å²) in [6.07, 6.45) is 0. The number of sulfonamides is 1. The van der Waals surface area contributed by atoms with Crippen LogP contribution < -0.4 is 10.0 Å². The van der Waals surface area contributed by atoms with Crippen LogP contribution in [0.25, 0.3) is 0 Å². The van der Waals surface area contributed by atoms with Crippen LogP contribution in [0.5, 0.6) is 0 Å². The van der Waals surface area contributed by atoms with Crippen LogP contribution in [0.2, 0.25) is 0 Å². The van der Waals surface area contributed by atoms with Gasteiger partial charge in [-0.05, 0) is 44.0 Å². The quantitative estimate of drug-likeness (QED) is 0.905. The first-order valence-corrected chi connectivity index (χ1v) is 7.57. The van der Waals surface area contributed by atoms with Gasteiger partial charge in [-0.15, -0.1) is 0 Å². The van der Waals surface area contributed by atoms with Gasteiger partial charge >= 0.3 is 0 Å². The van der Waals surface area contributed by atoms with E-state index in [9.17, 15) is 8.42 Å². The van der Waals surface area contributed by atoms with Crippen LogP contribution in [-0.2, 0) is 10.0 Å². The second-order valence-electron chi connectivity index (χ2n) is 4.63. The molecule has 1 aromatic heterocycles. The van der Waals surface area contributed by atoms with E-state index < -0.39 is 10.0 Å². The molecule has 2 N–H and O–H groups in total. The number of aryl methyl sites for hydroxylation is 3. The van der Waals surface area contributed by atoms with Gasteiger partial charge in [0.2, 0.25) is 5.88 Å². The molecular weight excluding hydrogens is 278 g/mol. The Balaban J connectivity index is 2.44. The van der Waals surface area contributed by atoms with Gasteiger partial charge in [-0.3, -0.25) is 0 Å². The van der Waals surface area contributed by atoms with E-state index in [0.29, 0.717) is 16.8 Å². The van der Waals surface area contributed by atoms with E-state index in [1.807, 2.05) is 0 Å². The molecule has 0 unspecified atom stereocenters. The van der Waals surface area contributed by atoms with Crippen molar-refractivity contribution in [3.63, 3.8) is 0 Å². The van der Waals surface area contributed by atoms with Gasteiger partial charge in [0.25, 0.3) is 10.0 Å². The van der Waals surface area contributed by atoms with Crippen LogP contribution in [0.4, 0.5) is 11.6 Å². The zero-order valence-corrected chi connectivity index (χ0v) is 12.6. The lowest BCUT2D eigenvalue weighted by Crippen LogP contribution is -2.15. The molecule has 0 radical (unpaired) electrons. The predicted molar refractivity (Wildman–Crippen MR) is 77.5 cm³/mol. The number of aromatic nitrogens is 1. The Hall–Kier alpha value is -2.02. The highest BCUT2D eigenvalue weighted by molar-refractivity contribution is 7.92. The third-order valence-corrected chi connectivity index (χ3v) is 4.53. The first-order valence-electron chi connectivity index (χ1n) is 6.08. The average molecular weight is 295 g/mol. The maximum atomic E-state index is 12.4.